The van der Waals surface area contributed by atoms with Gasteiger partial charge >= 0.3 is 0 Å². The minimum Gasteiger partial charge on any atom is -0.366 e. The normalized spacial score (nSPS) is 8.67. The summed E-state index contributed by atoms with van der Waals surface area (Å²) in [7, 11) is 0. The number of nitrogens with two attached hydrogens (primary N) is 1. The van der Waals surface area contributed by atoms with Crippen molar-refractivity contribution in [2.24, 2.45) is 10.7 Å². The highest BCUT2D eigenvalue weighted by Gasteiger charge is 1.97. The van der Waals surface area contributed by atoms with Crippen LogP contribution in [-0.2, 0) is 0 Å². The molecule has 12 heavy (non-hydrogen) atoms. The van der Waals surface area contributed by atoms with Gasteiger partial charge in [-0.25, -0.2) is 0 Å². The number of thiocarbonyl (C=S) groups is 1. The Kier molecular flexibility index (Phi) is 2.69. The van der Waals surface area contributed by atoms with Crippen LogP contribution in [0.25, 0.3) is 0 Å². The lowest BCUT2D eigenvalue weighted by atomic mass is 10.2. The Bertz CT molecular complexity index is 318. The first-order valence-corrected chi connectivity index (χ1v) is 3.62. The summed E-state index contributed by atoms with van der Waals surface area (Å²) in [5.41, 5.74) is 6.15. The van der Waals surface area contributed by atoms with E-state index in [1.807, 2.05) is 0 Å². The summed E-state index contributed by atoms with van der Waals surface area (Å²) in [6.07, 6.45) is 0. The Morgan fingerprint density at radius 1 is 1.42 bits per heavy atom. The van der Waals surface area contributed by atoms with E-state index >= 15 is 0 Å². The van der Waals surface area contributed by atoms with Crippen molar-refractivity contribution in [3.8, 4) is 0 Å². The molecule has 1 amide bonds. The molecule has 0 aliphatic rings. The molecule has 0 spiro atoms. The molecule has 0 atom stereocenters. The maximum atomic E-state index is 10.6. The monoisotopic (exact) mass is 178 g/mol. The fourth-order valence-electron chi connectivity index (χ4n) is 0.753. The molecule has 0 unspecified atom stereocenters. The molecule has 0 fully saturated rings. The molecule has 0 aliphatic heterocycles. The van der Waals surface area contributed by atoms with E-state index in [1.165, 1.54) is 0 Å². The van der Waals surface area contributed by atoms with Crippen molar-refractivity contribution in [1.82, 2.24) is 0 Å². The van der Waals surface area contributed by atoms with Gasteiger partial charge in [0.2, 0.25) is 5.91 Å². The van der Waals surface area contributed by atoms with E-state index in [0.29, 0.717) is 11.3 Å². The smallest absolute Gasteiger partial charge is 0.248 e. The molecular formula is C8H6N2OS. The average Bonchev–Trinajstić information content (AvgIpc) is 2.06. The van der Waals surface area contributed by atoms with Gasteiger partial charge in [-0.1, -0.05) is 0 Å². The van der Waals surface area contributed by atoms with E-state index in [9.17, 15) is 4.79 Å². The second-order valence-corrected chi connectivity index (χ2v) is 2.30. The van der Waals surface area contributed by atoms with Crippen molar-refractivity contribution in [3.63, 3.8) is 0 Å². The van der Waals surface area contributed by atoms with E-state index in [0.717, 1.165) is 0 Å². The Labute approximate surface area is 74.9 Å². The molecule has 1 aromatic carbocycles. The second-order valence-electron chi connectivity index (χ2n) is 2.11. The van der Waals surface area contributed by atoms with Gasteiger partial charge in [0.15, 0.2) is 0 Å². The summed E-state index contributed by atoms with van der Waals surface area (Å²) in [5.74, 6) is -0.451. The van der Waals surface area contributed by atoms with Gasteiger partial charge in [-0.15, -0.1) is 0 Å². The van der Waals surface area contributed by atoms with Gasteiger partial charge in [-0.05, 0) is 36.5 Å². The van der Waals surface area contributed by atoms with Crippen LogP contribution in [0.4, 0.5) is 5.69 Å². The van der Waals surface area contributed by atoms with Gasteiger partial charge in [0.05, 0.1) is 10.8 Å². The number of amides is 1. The number of primary amides is 1. The van der Waals surface area contributed by atoms with Crippen molar-refractivity contribution in [2.75, 3.05) is 0 Å². The number of nitrogens with zero attached hydrogens (tertiary/aromatic N) is 1. The Morgan fingerprint density at radius 2 is 2.00 bits per heavy atom. The standard InChI is InChI=1S/C8H6N2OS/c9-8(11)6-1-3-7(4-2-6)10-5-12/h1-4H,(H2,9,11). The molecule has 0 radical (unpaired) electrons. The lowest BCUT2D eigenvalue weighted by molar-refractivity contribution is 0.100. The number of isothiocyanates is 1. The van der Waals surface area contributed by atoms with Crippen molar-refractivity contribution < 1.29 is 4.79 Å². The third-order valence-corrected chi connectivity index (χ3v) is 1.42. The maximum Gasteiger partial charge on any atom is 0.248 e. The van der Waals surface area contributed by atoms with Gasteiger partial charge in [0.1, 0.15) is 0 Å². The SMILES string of the molecule is NC(=O)c1ccc(N=C=S)cc1. The summed E-state index contributed by atoms with van der Waals surface area (Å²) in [6, 6.07) is 6.49. The first-order chi connectivity index (χ1) is 5.74. The zero-order chi connectivity index (χ0) is 8.97. The number of hydrogen-bond acceptors (Lipinski definition) is 3. The van der Waals surface area contributed by atoms with Gasteiger partial charge in [0.25, 0.3) is 0 Å². The van der Waals surface area contributed by atoms with Gasteiger partial charge < -0.3 is 5.73 Å². The largest absolute Gasteiger partial charge is 0.366 e. The molecule has 2 N–H and O–H groups in total. The lowest BCUT2D eigenvalue weighted by Gasteiger charge is -1.93. The van der Waals surface area contributed by atoms with E-state index in [2.05, 4.69) is 22.4 Å². The van der Waals surface area contributed by atoms with E-state index in [1.54, 1.807) is 24.3 Å². The first kappa shape index (κ1) is 8.59. The number of rotatable bonds is 2. The highest BCUT2D eigenvalue weighted by Crippen LogP contribution is 2.11. The van der Waals surface area contributed by atoms with Crippen LogP contribution in [0.1, 0.15) is 10.4 Å². The molecule has 0 bridgehead atoms. The van der Waals surface area contributed by atoms with Crippen LogP contribution in [0.5, 0.6) is 0 Å². The van der Waals surface area contributed by atoms with Crippen molar-refractivity contribution in [1.29, 1.82) is 0 Å². The van der Waals surface area contributed by atoms with Gasteiger partial charge in [-0.3, -0.25) is 4.79 Å². The third-order valence-electron chi connectivity index (χ3n) is 1.33. The Balaban J connectivity index is 3.00. The minimum atomic E-state index is -0.451. The number of aliphatic imine (C=N–C) groups is 1. The average molecular weight is 178 g/mol. The Hall–Kier alpha value is -1.51. The highest BCUT2D eigenvalue weighted by molar-refractivity contribution is 7.78. The van der Waals surface area contributed by atoms with E-state index < -0.39 is 5.91 Å². The molecule has 0 saturated heterocycles. The topological polar surface area (TPSA) is 55.5 Å². The fraction of sp³-hybridized carbons (Fsp3) is 0. The zero-order valence-corrected chi connectivity index (χ0v) is 6.97. The predicted octanol–water partition coefficient (Wildman–Crippen LogP) is 1.52. The van der Waals surface area contributed by atoms with Crippen LogP contribution in [0, 0.1) is 0 Å². The van der Waals surface area contributed by atoms with Crippen LogP contribution in [-0.4, -0.2) is 11.1 Å². The van der Waals surface area contributed by atoms with Crippen LogP contribution in [0.15, 0.2) is 29.3 Å². The predicted molar refractivity (Wildman–Crippen MR) is 49.6 cm³/mol. The summed E-state index contributed by atoms with van der Waals surface area (Å²) in [6.45, 7) is 0. The van der Waals surface area contributed by atoms with Gasteiger partial charge in [-0.2, -0.15) is 4.99 Å². The summed E-state index contributed by atoms with van der Waals surface area (Å²) < 4.78 is 0. The summed E-state index contributed by atoms with van der Waals surface area (Å²) >= 11 is 4.41. The molecule has 60 valence electrons. The van der Waals surface area contributed by atoms with E-state index in [-0.39, 0.29) is 0 Å². The number of hydrogen-bond donors (Lipinski definition) is 1. The zero-order valence-electron chi connectivity index (χ0n) is 6.15. The lowest BCUT2D eigenvalue weighted by Crippen LogP contribution is -2.10. The maximum absolute atomic E-state index is 10.6. The van der Waals surface area contributed by atoms with E-state index in [4.69, 9.17) is 5.73 Å². The minimum absolute atomic E-state index is 0.451. The summed E-state index contributed by atoms with van der Waals surface area (Å²) in [5, 5.41) is 2.22. The van der Waals surface area contributed by atoms with Crippen molar-refractivity contribution >= 4 is 29.0 Å². The quantitative estimate of drug-likeness (QED) is 0.551. The number of carbonyl (C=O) groups is 1. The number of benzene rings is 1. The Morgan fingerprint density at radius 3 is 2.42 bits per heavy atom. The third kappa shape index (κ3) is 1.99. The van der Waals surface area contributed by atoms with Crippen LogP contribution < -0.4 is 5.73 Å². The van der Waals surface area contributed by atoms with Crippen molar-refractivity contribution in [3.05, 3.63) is 29.8 Å². The summed E-state index contributed by atoms with van der Waals surface area (Å²) in [4.78, 5) is 14.3. The van der Waals surface area contributed by atoms with Crippen LogP contribution >= 0.6 is 12.2 Å². The second kappa shape index (κ2) is 3.76. The molecule has 0 saturated carbocycles. The molecule has 1 aromatic rings. The van der Waals surface area contributed by atoms with Gasteiger partial charge in [0, 0.05) is 5.56 Å². The highest BCUT2D eigenvalue weighted by atomic mass is 32.1. The number of carbonyl (C=O) groups excluding carboxylic acids is 1. The molecule has 0 aromatic heterocycles. The van der Waals surface area contributed by atoms with Crippen LogP contribution in [0.3, 0.4) is 0 Å². The van der Waals surface area contributed by atoms with Crippen molar-refractivity contribution in [2.45, 2.75) is 0 Å². The molecule has 3 nitrogen and oxygen atoms in total. The molecule has 1 rings (SSSR count). The molecule has 0 aliphatic carbocycles. The fourth-order valence-corrected chi connectivity index (χ4v) is 0.858. The van der Waals surface area contributed by atoms with Crippen LogP contribution in [0.2, 0.25) is 0 Å². The molecular weight excluding hydrogens is 172 g/mol. The molecule has 4 heteroatoms. The molecule has 0 heterocycles. The first-order valence-electron chi connectivity index (χ1n) is 3.22.